The highest BCUT2D eigenvalue weighted by Crippen LogP contribution is 2.20. The van der Waals surface area contributed by atoms with Gasteiger partial charge in [0.25, 0.3) is 5.91 Å². The van der Waals surface area contributed by atoms with Crippen LogP contribution in [0.1, 0.15) is 35.8 Å². The molecule has 7 nitrogen and oxygen atoms in total. The smallest absolute Gasteiger partial charge is 0.251 e. The first kappa shape index (κ1) is 15.8. The molecule has 3 aromatic rings. The van der Waals surface area contributed by atoms with E-state index in [2.05, 4.69) is 25.8 Å². The minimum absolute atomic E-state index is 0.137. The Morgan fingerprint density at radius 2 is 2.12 bits per heavy atom. The number of hydrogen-bond donors (Lipinski definition) is 1. The number of rotatable bonds is 5. The summed E-state index contributed by atoms with van der Waals surface area (Å²) in [5, 5.41) is 14.7. The predicted octanol–water partition coefficient (Wildman–Crippen LogP) is 2.25. The molecule has 122 valence electrons. The summed E-state index contributed by atoms with van der Waals surface area (Å²) in [5.41, 5.74) is 2.32. The summed E-state index contributed by atoms with van der Waals surface area (Å²) in [6, 6.07) is 11.2. The van der Waals surface area contributed by atoms with E-state index in [1.165, 1.54) is 0 Å². The van der Waals surface area contributed by atoms with Gasteiger partial charge >= 0.3 is 0 Å². The predicted molar refractivity (Wildman–Crippen MR) is 89.0 cm³/mol. The van der Waals surface area contributed by atoms with E-state index in [0.29, 0.717) is 17.9 Å². The maximum absolute atomic E-state index is 12.4. The van der Waals surface area contributed by atoms with Gasteiger partial charge in [0.1, 0.15) is 0 Å². The zero-order valence-electron chi connectivity index (χ0n) is 13.5. The molecule has 0 aliphatic heterocycles. The van der Waals surface area contributed by atoms with Gasteiger partial charge in [-0.25, -0.2) is 4.68 Å². The molecule has 0 radical (unpaired) electrons. The largest absolute Gasteiger partial charge is 0.348 e. The number of hydrogen-bond acceptors (Lipinski definition) is 5. The van der Waals surface area contributed by atoms with Crippen LogP contribution in [0.25, 0.3) is 11.4 Å². The van der Waals surface area contributed by atoms with Gasteiger partial charge in [-0.05, 0) is 48.0 Å². The number of amides is 1. The zero-order valence-corrected chi connectivity index (χ0v) is 13.5. The average molecular weight is 322 g/mol. The summed E-state index contributed by atoms with van der Waals surface area (Å²) in [6.45, 7) is 4.44. The number of aromatic nitrogens is 5. The summed E-state index contributed by atoms with van der Waals surface area (Å²) >= 11 is 0. The van der Waals surface area contributed by atoms with Crippen LogP contribution in [0.3, 0.4) is 0 Å². The van der Waals surface area contributed by atoms with Crippen molar-refractivity contribution >= 4 is 5.91 Å². The fourth-order valence-electron chi connectivity index (χ4n) is 2.32. The summed E-state index contributed by atoms with van der Waals surface area (Å²) < 4.78 is 1.73. The number of carbonyl (C=O) groups excluding carboxylic acids is 1. The van der Waals surface area contributed by atoms with E-state index in [0.717, 1.165) is 11.1 Å². The lowest BCUT2D eigenvalue weighted by atomic mass is 10.1. The molecule has 1 amide bonds. The monoisotopic (exact) mass is 322 g/mol. The molecule has 0 saturated carbocycles. The van der Waals surface area contributed by atoms with Crippen LogP contribution < -0.4 is 5.32 Å². The van der Waals surface area contributed by atoms with Gasteiger partial charge in [0.2, 0.25) is 0 Å². The Morgan fingerprint density at radius 3 is 2.88 bits per heavy atom. The maximum Gasteiger partial charge on any atom is 0.251 e. The van der Waals surface area contributed by atoms with Crippen LogP contribution in [0.2, 0.25) is 0 Å². The van der Waals surface area contributed by atoms with Gasteiger partial charge < -0.3 is 5.32 Å². The van der Waals surface area contributed by atoms with E-state index < -0.39 is 0 Å². The van der Waals surface area contributed by atoms with Crippen LogP contribution in [-0.4, -0.2) is 31.1 Å². The Kier molecular flexibility index (Phi) is 4.60. The van der Waals surface area contributed by atoms with Gasteiger partial charge in [0, 0.05) is 30.1 Å². The SMILES string of the molecule is CC(C)n1nnnc1-c1cccc(C(=O)NCc2cccnc2)c1. The fourth-order valence-corrected chi connectivity index (χ4v) is 2.32. The van der Waals surface area contributed by atoms with Crippen molar-refractivity contribution in [3.63, 3.8) is 0 Å². The van der Waals surface area contributed by atoms with Crippen LogP contribution in [0, 0.1) is 0 Å². The van der Waals surface area contributed by atoms with Gasteiger partial charge in [-0.2, -0.15) is 0 Å². The second kappa shape index (κ2) is 6.99. The number of nitrogens with zero attached hydrogens (tertiary/aromatic N) is 5. The molecule has 0 aliphatic carbocycles. The van der Waals surface area contributed by atoms with E-state index >= 15 is 0 Å². The zero-order chi connectivity index (χ0) is 16.9. The lowest BCUT2D eigenvalue weighted by Gasteiger charge is -2.09. The fraction of sp³-hybridized carbons (Fsp3) is 0.235. The normalized spacial score (nSPS) is 10.8. The Labute approximate surface area is 139 Å². The van der Waals surface area contributed by atoms with E-state index in [9.17, 15) is 4.79 Å². The molecule has 0 spiro atoms. The first-order chi connectivity index (χ1) is 11.6. The quantitative estimate of drug-likeness (QED) is 0.778. The van der Waals surface area contributed by atoms with E-state index in [1.807, 2.05) is 38.1 Å². The summed E-state index contributed by atoms with van der Waals surface area (Å²) in [5.74, 6) is 0.496. The molecule has 2 heterocycles. The van der Waals surface area contributed by atoms with Crippen molar-refractivity contribution in [1.82, 2.24) is 30.5 Å². The number of pyridine rings is 1. The van der Waals surface area contributed by atoms with Crippen LogP contribution >= 0.6 is 0 Å². The molecule has 0 unspecified atom stereocenters. The highest BCUT2D eigenvalue weighted by atomic mass is 16.1. The van der Waals surface area contributed by atoms with Crippen LogP contribution in [0.15, 0.2) is 48.8 Å². The van der Waals surface area contributed by atoms with Crippen molar-refractivity contribution in [2.24, 2.45) is 0 Å². The molecule has 7 heteroatoms. The molecular weight excluding hydrogens is 304 g/mol. The van der Waals surface area contributed by atoms with E-state index in [1.54, 1.807) is 29.2 Å². The Morgan fingerprint density at radius 1 is 1.25 bits per heavy atom. The molecular formula is C17H18N6O. The number of nitrogens with one attached hydrogen (secondary N) is 1. The molecule has 2 aromatic heterocycles. The summed E-state index contributed by atoms with van der Waals surface area (Å²) in [4.78, 5) is 16.4. The molecule has 0 fully saturated rings. The number of benzene rings is 1. The standard InChI is InChI=1S/C17H18N6O/c1-12(2)23-16(20-21-22-23)14-6-3-7-15(9-14)17(24)19-11-13-5-4-8-18-10-13/h3-10,12H,11H2,1-2H3,(H,19,24). The molecule has 24 heavy (non-hydrogen) atoms. The molecule has 0 atom stereocenters. The third kappa shape index (κ3) is 3.45. The summed E-state index contributed by atoms with van der Waals surface area (Å²) in [6.07, 6.45) is 3.43. The average Bonchev–Trinajstić information content (AvgIpc) is 3.11. The highest BCUT2D eigenvalue weighted by molar-refractivity contribution is 5.95. The van der Waals surface area contributed by atoms with E-state index in [4.69, 9.17) is 0 Å². The first-order valence-electron chi connectivity index (χ1n) is 7.70. The molecule has 3 rings (SSSR count). The number of carbonyl (C=O) groups is 1. The molecule has 1 N–H and O–H groups in total. The molecule has 1 aromatic carbocycles. The molecule has 0 aliphatic rings. The Balaban J connectivity index is 1.77. The minimum atomic E-state index is -0.149. The molecule has 0 saturated heterocycles. The van der Waals surface area contributed by atoms with Gasteiger partial charge in [-0.15, -0.1) is 5.10 Å². The topological polar surface area (TPSA) is 85.6 Å². The Hall–Kier alpha value is -3.09. The van der Waals surface area contributed by atoms with Crippen LogP contribution in [-0.2, 0) is 6.54 Å². The maximum atomic E-state index is 12.4. The summed E-state index contributed by atoms with van der Waals surface area (Å²) in [7, 11) is 0. The third-order valence-corrected chi connectivity index (χ3v) is 3.54. The van der Waals surface area contributed by atoms with Crippen molar-refractivity contribution in [3.05, 3.63) is 59.9 Å². The second-order valence-electron chi connectivity index (χ2n) is 5.67. The second-order valence-corrected chi connectivity index (χ2v) is 5.67. The van der Waals surface area contributed by atoms with Crippen molar-refractivity contribution in [1.29, 1.82) is 0 Å². The van der Waals surface area contributed by atoms with Crippen molar-refractivity contribution in [3.8, 4) is 11.4 Å². The molecule has 0 bridgehead atoms. The number of tetrazole rings is 1. The van der Waals surface area contributed by atoms with Crippen LogP contribution in [0.5, 0.6) is 0 Å². The van der Waals surface area contributed by atoms with Crippen molar-refractivity contribution in [2.45, 2.75) is 26.4 Å². The van der Waals surface area contributed by atoms with Gasteiger partial charge in [-0.1, -0.05) is 18.2 Å². The van der Waals surface area contributed by atoms with Crippen molar-refractivity contribution in [2.75, 3.05) is 0 Å². The Bertz CT molecular complexity index is 828. The lowest BCUT2D eigenvalue weighted by Crippen LogP contribution is -2.22. The third-order valence-electron chi connectivity index (χ3n) is 3.54. The van der Waals surface area contributed by atoms with Gasteiger partial charge in [-0.3, -0.25) is 9.78 Å². The minimum Gasteiger partial charge on any atom is -0.348 e. The van der Waals surface area contributed by atoms with Crippen molar-refractivity contribution < 1.29 is 4.79 Å². The van der Waals surface area contributed by atoms with Gasteiger partial charge in [0.15, 0.2) is 5.82 Å². The van der Waals surface area contributed by atoms with E-state index in [-0.39, 0.29) is 11.9 Å². The first-order valence-corrected chi connectivity index (χ1v) is 7.70. The van der Waals surface area contributed by atoms with Crippen LogP contribution in [0.4, 0.5) is 0 Å². The lowest BCUT2D eigenvalue weighted by molar-refractivity contribution is 0.0951. The van der Waals surface area contributed by atoms with Gasteiger partial charge in [0.05, 0.1) is 6.04 Å². The highest BCUT2D eigenvalue weighted by Gasteiger charge is 2.13.